The Morgan fingerprint density at radius 2 is 1.65 bits per heavy atom. The van der Waals surface area contributed by atoms with Gasteiger partial charge >= 0.3 is 0 Å². The topological polar surface area (TPSA) is 18.5 Å². The van der Waals surface area contributed by atoms with Gasteiger partial charge < -0.3 is 9.47 Å². The molecule has 20 heavy (non-hydrogen) atoms. The Labute approximate surface area is 129 Å². The SMILES string of the molecule is Clc1cc2c(cc1C(Cl)C1CC3CC3C1)OCCCO2. The van der Waals surface area contributed by atoms with Crippen molar-refractivity contribution in [3.05, 3.63) is 22.7 Å². The molecular formula is C16H18Cl2O2. The molecule has 3 atom stereocenters. The van der Waals surface area contributed by atoms with Crippen LogP contribution in [-0.4, -0.2) is 13.2 Å². The number of rotatable bonds is 2. The summed E-state index contributed by atoms with van der Waals surface area (Å²) >= 11 is 13.1. The summed E-state index contributed by atoms with van der Waals surface area (Å²) in [7, 11) is 0. The summed E-state index contributed by atoms with van der Waals surface area (Å²) in [5.41, 5.74) is 1.00. The van der Waals surface area contributed by atoms with Crippen LogP contribution in [0.1, 0.15) is 36.6 Å². The number of hydrogen-bond acceptors (Lipinski definition) is 2. The van der Waals surface area contributed by atoms with E-state index in [4.69, 9.17) is 32.7 Å². The highest BCUT2D eigenvalue weighted by Gasteiger charge is 2.48. The third-order valence-electron chi connectivity index (χ3n) is 4.86. The van der Waals surface area contributed by atoms with Crippen molar-refractivity contribution < 1.29 is 9.47 Å². The molecule has 4 heteroatoms. The van der Waals surface area contributed by atoms with Crippen molar-refractivity contribution >= 4 is 23.2 Å². The van der Waals surface area contributed by atoms with E-state index in [9.17, 15) is 0 Å². The van der Waals surface area contributed by atoms with E-state index in [2.05, 4.69) is 0 Å². The standard InChI is InChI=1S/C16H18Cl2O2/c17-13-8-15-14(19-2-1-3-20-15)7-12(13)16(18)11-5-9-4-10(9)6-11/h7-11,16H,1-6H2. The van der Waals surface area contributed by atoms with Crippen molar-refractivity contribution in [1.82, 2.24) is 0 Å². The van der Waals surface area contributed by atoms with Gasteiger partial charge in [0.2, 0.25) is 0 Å². The highest BCUT2D eigenvalue weighted by Crippen LogP contribution is 2.59. The van der Waals surface area contributed by atoms with Crippen LogP contribution in [0.15, 0.2) is 12.1 Å². The molecule has 1 aromatic rings. The van der Waals surface area contributed by atoms with Gasteiger partial charge in [0.15, 0.2) is 11.5 Å². The molecule has 2 nitrogen and oxygen atoms in total. The Bertz CT molecular complexity index is 521. The molecule has 0 N–H and O–H groups in total. The average Bonchev–Trinajstić information content (AvgIpc) is 3.12. The smallest absolute Gasteiger partial charge is 0.162 e. The molecular weight excluding hydrogens is 295 g/mol. The minimum atomic E-state index is -0.00699. The summed E-state index contributed by atoms with van der Waals surface area (Å²) in [5, 5.41) is 0.697. The predicted molar refractivity (Wildman–Crippen MR) is 80.0 cm³/mol. The zero-order valence-electron chi connectivity index (χ0n) is 11.3. The first-order valence-electron chi connectivity index (χ1n) is 7.45. The summed E-state index contributed by atoms with van der Waals surface area (Å²) < 4.78 is 11.4. The van der Waals surface area contributed by atoms with E-state index >= 15 is 0 Å². The van der Waals surface area contributed by atoms with Crippen molar-refractivity contribution in [3.8, 4) is 11.5 Å². The molecule has 1 aromatic carbocycles. The summed E-state index contributed by atoms with van der Waals surface area (Å²) in [6.07, 6.45) is 4.82. The Balaban J connectivity index is 1.61. The van der Waals surface area contributed by atoms with Crippen LogP contribution in [0, 0.1) is 17.8 Å². The number of hydrogen-bond donors (Lipinski definition) is 0. The maximum atomic E-state index is 6.71. The zero-order valence-corrected chi connectivity index (χ0v) is 12.8. The Hall–Kier alpha value is -0.600. The van der Waals surface area contributed by atoms with Gasteiger partial charge in [-0.2, -0.15) is 0 Å². The molecule has 0 saturated heterocycles. The summed E-state index contributed by atoms with van der Waals surface area (Å²) in [4.78, 5) is 0. The van der Waals surface area contributed by atoms with E-state index in [0.717, 1.165) is 35.3 Å². The number of halogens is 2. The molecule has 0 spiro atoms. The quantitative estimate of drug-likeness (QED) is 0.728. The van der Waals surface area contributed by atoms with Gasteiger partial charge in [-0.3, -0.25) is 0 Å². The van der Waals surface area contributed by atoms with Crippen molar-refractivity contribution in [1.29, 1.82) is 0 Å². The summed E-state index contributed by atoms with van der Waals surface area (Å²) in [6.45, 7) is 1.37. The first kappa shape index (κ1) is 13.1. The van der Waals surface area contributed by atoms with E-state index in [-0.39, 0.29) is 5.38 Å². The lowest BCUT2D eigenvalue weighted by molar-refractivity contribution is 0.297. The van der Waals surface area contributed by atoms with E-state index in [1.54, 1.807) is 0 Å². The van der Waals surface area contributed by atoms with Gasteiger partial charge in [0.1, 0.15) is 0 Å². The van der Waals surface area contributed by atoms with Crippen LogP contribution in [0.3, 0.4) is 0 Å². The number of benzene rings is 1. The number of ether oxygens (including phenoxy) is 2. The first-order chi connectivity index (χ1) is 9.72. The highest BCUT2D eigenvalue weighted by molar-refractivity contribution is 6.33. The van der Waals surface area contributed by atoms with Gasteiger partial charge in [0.25, 0.3) is 0 Å². The third kappa shape index (κ3) is 2.27. The molecule has 1 aliphatic heterocycles. The van der Waals surface area contributed by atoms with Gasteiger partial charge in [-0.1, -0.05) is 11.6 Å². The molecule has 2 saturated carbocycles. The van der Waals surface area contributed by atoms with Gasteiger partial charge in [-0.15, -0.1) is 11.6 Å². The van der Waals surface area contributed by atoms with Crippen LogP contribution >= 0.6 is 23.2 Å². The molecule has 0 radical (unpaired) electrons. The average molecular weight is 313 g/mol. The predicted octanol–water partition coefficient (Wildman–Crippen LogP) is 4.83. The lowest BCUT2D eigenvalue weighted by atomic mass is 9.94. The summed E-state index contributed by atoms with van der Waals surface area (Å²) in [5.74, 6) is 3.95. The van der Waals surface area contributed by atoms with Crippen molar-refractivity contribution in [2.45, 2.75) is 31.1 Å². The van der Waals surface area contributed by atoms with Gasteiger partial charge in [-0.05, 0) is 48.6 Å². The van der Waals surface area contributed by atoms with E-state index in [0.29, 0.717) is 24.2 Å². The highest BCUT2D eigenvalue weighted by atomic mass is 35.5. The fourth-order valence-corrected chi connectivity index (χ4v) is 4.38. The minimum absolute atomic E-state index is 0.00699. The molecule has 0 amide bonds. The number of fused-ring (bicyclic) bond motifs is 2. The van der Waals surface area contributed by atoms with E-state index in [1.165, 1.54) is 19.3 Å². The van der Waals surface area contributed by atoms with Crippen molar-refractivity contribution in [2.24, 2.45) is 17.8 Å². The molecule has 1 heterocycles. The van der Waals surface area contributed by atoms with Crippen LogP contribution < -0.4 is 9.47 Å². The second kappa shape index (κ2) is 4.99. The Morgan fingerprint density at radius 1 is 1.00 bits per heavy atom. The van der Waals surface area contributed by atoms with Crippen molar-refractivity contribution in [2.75, 3.05) is 13.2 Å². The fraction of sp³-hybridized carbons (Fsp3) is 0.625. The van der Waals surface area contributed by atoms with E-state index in [1.807, 2.05) is 12.1 Å². The summed E-state index contributed by atoms with van der Waals surface area (Å²) in [6, 6.07) is 3.85. The van der Waals surface area contributed by atoms with Crippen molar-refractivity contribution in [3.63, 3.8) is 0 Å². The molecule has 3 aliphatic rings. The second-order valence-electron chi connectivity index (χ2n) is 6.26. The largest absolute Gasteiger partial charge is 0.490 e. The monoisotopic (exact) mass is 312 g/mol. The van der Waals surface area contributed by atoms with Gasteiger partial charge in [0, 0.05) is 17.5 Å². The van der Waals surface area contributed by atoms with E-state index < -0.39 is 0 Å². The van der Waals surface area contributed by atoms with Crippen LogP contribution in [-0.2, 0) is 0 Å². The lowest BCUT2D eigenvalue weighted by Crippen LogP contribution is -2.07. The van der Waals surface area contributed by atoms with Crippen LogP contribution in [0.4, 0.5) is 0 Å². The third-order valence-corrected chi connectivity index (χ3v) is 5.78. The maximum Gasteiger partial charge on any atom is 0.162 e. The zero-order chi connectivity index (χ0) is 13.7. The van der Waals surface area contributed by atoms with Crippen LogP contribution in [0.5, 0.6) is 11.5 Å². The molecule has 0 bridgehead atoms. The first-order valence-corrected chi connectivity index (χ1v) is 8.27. The fourth-order valence-electron chi connectivity index (χ4n) is 3.67. The second-order valence-corrected chi connectivity index (χ2v) is 7.14. The molecule has 3 unspecified atom stereocenters. The Morgan fingerprint density at radius 3 is 2.35 bits per heavy atom. The van der Waals surface area contributed by atoms with Crippen LogP contribution in [0.2, 0.25) is 5.02 Å². The van der Waals surface area contributed by atoms with Gasteiger partial charge in [0.05, 0.1) is 18.6 Å². The normalized spacial score (nSPS) is 32.4. The van der Waals surface area contributed by atoms with Gasteiger partial charge in [-0.25, -0.2) is 0 Å². The number of alkyl halides is 1. The maximum absolute atomic E-state index is 6.71. The lowest BCUT2D eigenvalue weighted by Gasteiger charge is -2.21. The molecule has 0 aromatic heterocycles. The van der Waals surface area contributed by atoms with Crippen LogP contribution in [0.25, 0.3) is 0 Å². The minimum Gasteiger partial charge on any atom is -0.490 e. The molecule has 2 fully saturated rings. The molecule has 4 rings (SSSR count). The Kier molecular flexibility index (Phi) is 3.27. The molecule has 2 aliphatic carbocycles. The molecule has 108 valence electrons.